The molecule has 0 aromatic heterocycles. The molecule has 0 spiro atoms. The molecule has 1 N–H and O–H groups in total. The number of fused-ring (bicyclic) bond motifs is 2. The van der Waals surface area contributed by atoms with E-state index in [4.69, 9.17) is 28.4 Å². The monoisotopic (exact) mass is 694 g/mol. The molecule has 11 atom stereocenters. The first kappa shape index (κ1) is 34.7. The van der Waals surface area contributed by atoms with E-state index in [0.717, 1.165) is 5.56 Å². The van der Waals surface area contributed by atoms with Crippen LogP contribution in [0.3, 0.4) is 0 Å². The van der Waals surface area contributed by atoms with E-state index < -0.39 is 95.2 Å². The summed E-state index contributed by atoms with van der Waals surface area (Å²) >= 11 is 0. The third-order valence-electron chi connectivity index (χ3n) is 9.34. The topological polar surface area (TPSA) is 227 Å². The van der Waals surface area contributed by atoms with Crippen molar-refractivity contribution in [1.82, 2.24) is 10.2 Å². The highest BCUT2D eigenvalue weighted by Gasteiger charge is 2.52. The number of hydrogen-bond acceptors (Lipinski definition) is 16. The summed E-state index contributed by atoms with van der Waals surface area (Å²) in [5.41, 5.74) is 0.964. The van der Waals surface area contributed by atoms with Gasteiger partial charge in [-0.2, -0.15) is 0 Å². The van der Waals surface area contributed by atoms with Crippen LogP contribution in [0.15, 0.2) is 30.3 Å². The predicted molar refractivity (Wildman–Crippen MR) is 158 cm³/mol. The van der Waals surface area contributed by atoms with E-state index in [2.05, 4.69) is 15.0 Å². The van der Waals surface area contributed by atoms with Crippen LogP contribution in [0.2, 0.25) is 0 Å². The van der Waals surface area contributed by atoms with Crippen molar-refractivity contribution < 1.29 is 62.7 Å². The highest BCUT2D eigenvalue weighted by Crippen LogP contribution is 2.34. The summed E-state index contributed by atoms with van der Waals surface area (Å²) in [5.74, 6) is -1.76. The Morgan fingerprint density at radius 2 is 1.59 bits per heavy atom. The van der Waals surface area contributed by atoms with Crippen molar-refractivity contribution in [1.29, 1.82) is 0 Å². The number of hydrogen-bond donors (Lipinski definition) is 1. The molecule has 0 saturated carbocycles. The van der Waals surface area contributed by atoms with Gasteiger partial charge in [-0.05, 0) is 38.2 Å². The van der Waals surface area contributed by atoms with Crippen molar-refractivity contribution in [2.75, 3.05) is 26.4 Å². The smallest absolute Gasteiger partial charge is 0.331 e. The number of carbonyl (C=O) groups excluding carboxylic acids is 3. The molecule has 5 fully saturated rings. The Balaban J connectivity index is 1.06. The number of aryl methyl sites for hydroxylation is 1. The van der Waals surface area contributed by atoms with Gasteiger partial charge in [0.15, 0.2) is 18.3 Å². The van der Waals surface area contributed by atoms with Crippen LogP contribution in [0.25, 0.3) is 0 Å². The number of amides is 1. The molecule has 49 heavy (non-hydrogen) atoms. The third-order valence-corrected chi connectivity index (χ3v) is 9.34. The van der Waals surface area contributed by atoms with Crippen molar-refractivity contribution >= 4 is 17.8 Å². The van der Waals surface area contributed by atoms with E-state index >= 15 is 0 Å². The van der Waals surface area contributed by atoms with Crippen LogP contribution < -0.4 is 5.32 Å². The second-order valence-corrected chi connectivity index (χ2v) is 12.5. The highest BCUT2D eigenvalue weighted by atomic mass is 17.0. The van der Waals surface area contributed by atoms with Crippen LogP contribution >= 0.6 is 0 Å². The Kier molecular flexibility index (Phi) is 10.7. The van der Waals surface area contributed by atoms with Crippen LogP contribution in [-0.2, 0) is 58.9 Å². The van der Waals surface area contributed by atoms with Crippen molar-refractivity contribution in [2.24, 2.45) is 0 Å². The molecule has 1 aromatic carbocycles. The maximum atomic E-state index is 13.7. The summed E-state index contributed by atoms with van der Waals surface area (Å²) < 4.78 is 33.8. The normalized spacial score (nSPS) is 32.9. The third kappa shape index (κ3) is 8.01. The Morgan fingerprint density at radius 3 is 2.31 bits per heavy atom. The molecule has 0 bridgehead atoms. The number of likely N-dealkylation sites (tertiary alicyclic amines) is 1. The van der Waals surface area contributed by atoms with Crippen LogP contribution in [0.5, 0.6) is 0 Å². The van der Waals surface area contributed by atoms with Gasteiger partial charge in [-0.1, -0.05) is 30.3 Å². The molecule has 6 rings (SSSR count). The average Bonchev–Trinajstić information content (AvgIpc) is 3.90. The summed E-state index contributed by atoms with van der Waals surface area (Å²) in [6.07, 6.45) is -4.74. The van der Waals surface area contributed by atoms with Gasteiger partial charge < -0.3 is 43.0 Å². The number of nitrogens with one attached hydrogen (secondary N) is 1. The molecule has 5 saturated heterocycles. The highest BCUT2D eigenvalue weighted by molar-refractivity contribution is 5.88. The Bertz CT molecular complexity index is 1390. The lowest BCUT2D eigenvalue weighted by Crippen LogP contribution is -2.54. The Labute approximate surface area is 279 Å². The first-order chi connectivity index (χ1) is 23.6. The maximum Gasteiger partial charge on any atom is 0.331 e. The lowest BCUT2D eigenvalue weighted by molar-refractivity contribution is -0.769. The van der Waals surface area contributed by atoms with Gasteiger partial charge in [-0.3, -0.25) is 14.9 Å². The molecule has 19 nitrogen and oxygen atoms in total. The number of rotatable bonds is 14. The van der Waals surface area contributed by atoms with Gasteiger partial charge >= 0.3 is 11.9 Å². The number of benzene rings is 1. The van der Waals surface area contributed by atoms with Gasteiger partial charge in [0.1, 0.15) is 30.4 Å². The molecule has 5 aliphatic heterocycles. The molecule has 1 amide bonds. The standard InChI is InChI=1S/C30H38N4O15/c1-16(28(35)32-11-5-8-19(32)30(37)47-24-12-20-25(46-24)22(14-42-20)48-33(38)39)31-18(10-9-17-6-3-2-4-7-17)29(36)45-21-13-43-27-23(49-34(40)41)15-44-26(21)27/h2-4,6-7,16,18-27,31H,5,8-15H2,1H3/t16-,18-,19?,20?,21-,22+,23?,24?,25?,26?,27?/m0/s1. The summed E-state index contributed by atoms with van der Waals surface area (Å²) in [5, 5.41) is 22.9. The molecule has 5 heterocycles. The van der Waals surface area contributed by atoms with Gasteiger partial charge in [-0.15, -0.1) is 20.2 Å². The van der Waals surface area contributed by atoms with Gasteiger partial charge in [0.25, 0.3) is 10.2 Å². The lowest BCUT2D eigenvalue weighted by atomic mass is 10.0. The van der Waals surface area contributed by atoms with E-state index in [-0.39, 0.29) is 39.2 Å². The van der Waals surface area contributed by atoms with E-state index in [0.29, 0.717) is 19.3 Å². The van der Waals surface area contributed by atoms with E-state index in [1.54, 1.807) is 6.92 Å². The number of nitrogens with zero attached hydrogens (tertiary/aromatic N) is 3. The Hall–Kier alpha value is -4.17. The van der Waals surface area contributed by atoms with Crippen molar-refractivity contribution in [3.05, 3.63) is 56.1 Å². The minimum Gasteiger partial charge on any atom is -0.456 e. The van der Waals surface area contributed by atoms with Gasteiger partial charge in [0.05, 0.1) is 32.0 Å². The SMILES string of the molecule is C[C@H](N[C@@H](CCc1ccccc1)C(=O)O[C@H]1COC2C(O[N+](=O)[O-])COC21)C(=O)N1CCCC1C(=O)OC1CC2OC[C@@H](O[N+](=O)[O-])C2O1. The van der Waals surface area contributed by atoms with Crippen LogP contribution in [0.4, 0.5) is 0 Å². The lowest BCUT2D eigenvalue weighted by Gasteiger charge is -2.29. The molecule has 7 unspecified atom stereocenters. The second kappa shape index (κ2) is 15.2. The zero-order valence-electron chi connectivity index (χ0n) is 26.6. The fraction of sp³-hybridized carbons (Fsp3) is 0.700. The van der Waals surface area contributed by atoms with E-state index in [1.807, 2.05) is 30.3 Å². The summed E-state index contributed by atoms with van der Waals surface area (Å²) in [7, 11) is 0. The van der Waals surface area contributed by atoms with Crippen LogP contribution in [0.1, 0.15) is 38.2 Å². The quantitative estimate of drug-likeness (QED) is 0.152. The number of ether oxygens (including phenoxy) is 6. The van der Waals surface area contributed by atoms with Crippen molar-refractivity contribution in [3.63, 3.8) is 0 Å². The summed E-state index contributed by atoms with van der Waals surface area (Å²) in [6.45, 7) is 1.72. The summed E-state index contributed by atoms with van der Waals surface area (Å²) in [4.78, 5) is 72.8. The van der Waals surface area contributed by atoms with E-state index in [9.17, 15) is 34.6 Å². The molecular weight excluding hydrogens is 656 g/mol. The summed E-state index contributed by atoms with van der Waals surface area (Å²) in [6, 6.07) is 6.70. The minimum atomic E-state index is -1.02. The zero-order valence-corrected chi connectivity index (χ0v) is 26.6. The molecule has 19 heteroatoms. The fourth-order valence-electron chi connectivity index (χ4n) is 7.02. The first-order valence-corrected chi connectivity index (χ1v) is 16.2. The Morgan fingerprint density at radius 1 is 0.939 bits per heavy atom. The largest absolute Gasteiger partial charge is 0.456 e. The number of esters is 2. The molecule has 268 valence electrons. The fourth-order valence-corrected chi connectivity index (χ4v) is 7.02. The predicted octanol–water partition coefficient (Wildman–Crippen LogP) is -0.123. The van der Waals surface area contributed by atoms with Crippen molar-refractivity contribution in [2.45, 2.75) is 106 Å². The van der Waals surface area contributed by atoms with Gasteiger partial charge in [0.2, 0.25) is 12.2 Å². The van der Waals surface area contributed by atoms with Gasteiger partial charge in [0, 0.05) is 13.0 Å². The average molecular weight is 695 g/mol. The van der Waals surface area contributed by atoms with Gasteiger partial charge in [-0.25, -0.2) is 4.79 Å². The molecule has 1 aromatic rings. The maximum absolute atomic E-state index is 13.7. The molecule has 5 aliphatic rings. The second-order valence-electron chi connectivity index (χ2n) is 12.5. The molecule has 0 radical (unpaired) electrons. The zero-order chi connectivity index (χ0) is 34.7. The minimum absolute atomic E-state index is 0.0185. The molecular formula is C30H38N4O15. The van der Waals surface area contributed by atoms with E-state index in [1.165, 1.54) is 4.90 Å². The number of carbonyl (C=O) groups is 3. The van der Waals surface area contributed by atoms with Crippen molar-refractivity contribution in [3.8, 4) is 0 Å². The first-order valence-electron chi connectivity index (χ1n) is 16.2. The molecule has 0 aliphatic carbocycles. The van der Waals surface area contributed by atoms with Crippen LogP contribution in [0, 0.1) is 20.2 Å². The van der Waals surface area contributed by atoms with Crippen LogP contribution in [-0.4, -0.2) is 126 Å².